The highest BCUT2D eigenvalue weighted by atomic mass is 32.1. The standard InChI is InChI=1S/C18H22N4OS/c1-14-4-6-17(21-20-14)22-10-8-15(9-11-22)13-19-18(23)7-5-16-3-2-12-24-16/h2-7,12,15H,8-11,13H2,1H3,(H,19,23)/b7-5+. The van der Waals surface area contributed by atoms with Gasteiger partial charge in [-0.25, -0.2) is 0 Å². The van der Waals surface area contributed by atoms with Gasteiger partial charge in [-0.2, -0.15) is 5.10 Å². The fourth-order valence-corrected chi connectivity index (χ4v) is 3.39. The molecule has 0 atom stereocenters. The number of amides is 1. The Morgan fingerprint density at radius 1 is 1.33 bits per heavy atom. The van der Waals surface area contributed by atoms with Crippen molar-refractivity contribution < 1.29 is 4.79 Å². The van der Waals surface area contributed by atoms with Gasteiger partial charge >= 0.3 is 0 Å². The van der Waals surface area contributed by atoms with E-state index in [1.807, 2.05) is 42.6 Å². The number of hydrogen-bond acceptors (Lipinski definition) is 5. The molecule has 2 aromatic rings. The highest BCUT2D eigenvalue weighted by Crippen LogP contribution is 2.21. The molecule has 1 saturated heterocycles. The van der Waals surface area contributed by atoms with E-state index >= 15 is 0 Å². The maximum Gasteiger partial charge on any atom is 0.244 e. The van der Waals surface area contributed by atoms with Crippen molar-refractivity contribution >= 4 is 29.1 Å². The van der Waals surface area contributed by atoms with Gasteiger partial charge in [0.15, 0.2) is 5.82 Å². The van der Waals surface area contributed by atoms with Gasteiger partial charge in [0.2, 0.25) is 5.91 Å². The van der Waals surface area contributed by atoms with Crippen LogP contribution in [-0.2, 0) is 4.79 Å². The molecular weight excluding hydrogens is 320 g/mol. The Kier molecular flexibility index (Phi) is 5.59. The summed E-state index contributed by atoms with van der Waals surface area (Å²) in [5.74, 6) is 1.45. The molecule has 3 rings (SSSR count). The van der Waals surface area contributed by atoms with E-state index in [0.29, 0.717) is 5.92 Å². The van der Waals surface area contributed by atoms with Crippen LogP contribution in [0.25, 0.3) is 6.08 Å². The average Bonchev–Trinajstić information content (AvgIpc) is 3.13. The highest BCUT2D eigenvalue weighted by molar-refractivity contribution is 7.10. The number of anilines is 1. The van der Waals surface area contributed by atoms with E-state index in [-0.39, 0.29) is 5.91 Å². The minimum Gasteiger partial charge on any atom is -0.355 e. The summed E-state index contributed by atoms with van der Waals surface area (Å²) in [6.45, 7) is 4.60. The Bertz CT molecular complexity index is 674. The second kappa shape index (κ2) is 8.06. The quantitative estimate of drug-likeness (QED) is 0.849. The van der Waals surface area contributed by atoms with Gasteiger partial charge in [-0.05, 0) is 55.3 Å². The lowest BCUT2D eigenvalue weighted by Gasteiger charge is -2.32. The summed E-state index contributed by atoms with van der Waals surface area (Å²) in [6.07, 6.45) is 5.59. The largest absolute Gasteiger partial charge is 0.355 e. The molecule has 0 saturated carbocycles. The number of carbonyl (C=O) groups excluding carboxylic acids is 1. The Morgan fingerprint density at radius 3 is 2.83 bits per heavy atom. The lowest BCUT2D eigenvalue weighted by atomic mass is 9.97. The van der Waals surface area contributed by atoms with Crippen LogP contribution >= 0.6 is 11.3 Å². The second-order valence-corrected chi connectivity index (χ2v) is 7.04. The third-order valence-corrected chi connectivity index (χ3v) is 5.07. The summed E-state index contributed by atoms with van der Waals surface area (Å²) in [4.78, 5) is 15.2. The normalized spacial score (nSPS) is 15.8. The Labute approximate surface area is 146 Å². The number of thiophene rings is 1. The third-order valence-electron chi connectivity index (χ3n) is 4.23. The lowest BCUT2D eigenvalue weighted by Crippen LogP contribution is -2.38. The molecule has 0 aromatic carbocycles. The van der Waals surface area contributed by atoms with E-state index in [0.717, 1.165) is 48.9 Å². The number of nitrogens with one attached hydrogen (secondary N) is 1. The van der Waals surface area contributed by atoms with E-state index in [4.69, 9.17) is 0 Å². The fourth-order valence-electron chi connectivity index (χ4n) is 2.77. The summed E-state index contributed by atoms with van der Waals surface area (Å²) < 4.78 is 0. The van der Waals surface area contributed by atoms with E-state index < -0.39 is 0 Å². The van der Waals surface area contributed by atoms with Crippen molar-refractivity contribution in [2.24, 2.45) is 5.92 Å². The number of aryl methyl sites for hydroxylation is 1. The molecule has 6 heteroatoms. The maximum atomic E-state index is 11.9. The number of aromatic nitrogens is 2. The van der Waals surface area contributed by atoms with E-state index in [1.165, 1.54) is 0 Å². The number of rotatable bonds is 5. The summed E-state index contributed by atoms with van der Waals surface area (Å²) in [6, 6.07) is 8.00. The van der Waals surface area contributed by atoms with Gasteiger partial charge in [0.1, 0.15) is 0 Å². The molecule has 0 bridgehead atoms. The molecule has 126 valence electrons. The van der Waals surface area contributed by atoms with Gasteiger partial charge in [-0.1, -0.05) is 6.07 Å². The Morgan fingerprint density at radius 2 is 2.17 bits per heavy atom. The van der Waals surface area contributed by atoms with Crippen LogP contribution < -0.4 is 10.2 Å². The van der Waals surface area contributed by atoms with Crippen LogP contribution in [0.2, 0.25) is 0 Å². The molecule has 3 heterocycles. The van der Waals surface area contributed by atoms with Crippen LogP contribution in [0, 0.1) is 12.8 Å². The summed E-state index contributed by atoms with van der Waals surface area (Å²) in [7, 11) is 0. The monoisotopic (exact) mass is 342 g/mol. The topological polar surface area (TPSA) is 58.1 Å². The molecule has 0 unspecified atom stereocenters. The van der Waals surface area contributed by atoms with Gasteiger partial charge < -0.3 is 10.2 Å². The molecule has 1 N–H and O–H groups in total. The first-order valence-electron chi connectivity index (χ1n) is 8.25. The van der Waals surface area contributed by atoms with Crippen LogP contribution in [0.1, 0.15) is 23.4 Å². The fraction of sp³-hybridized carbons (Fsp3) is 0.389. The zero-order valence-corrected chi connectivity index (χ0v) is 14.6. The lowest BCUT2D eigenvalue weighted by molar-refractivity contribution is -0.116. The van der Waals surface area contributed by atoms with Crippen molar-refractivity contribution in [3.63, 3.8) is 0 Å². The number of piperidine rings is 1. The molecule has 1 amide bonds. The van der Waals surface area contributed by atoms with E-state index in [2.05, 4.69) is 20.4 Å². The first kappa shape index (κ1) is 16.6. The molecule has 1 aliphatic heterocycles. The average molecular weight is 342 g/mol. The molecule has 24 heavy (non-hydrogen) atoms. The first-order chi connectivity index (χ1) is 11.7. The van der Waals surface area contributed by atoms with Crippen molar-refractivity contribution in [1.82, 2.24) is 15.5 Å². The maximum absolute atomic E-state index is 11.9. The van der Waals surface area contributed by atoms with Crippen molar-refractivity contribution in [2.45, 2.75) is 19.8 Å². The Hall–Kier alpha value is -2.21. The van der Waals surface area contributed by atoms with Crippen molar-refractivity contribution in [1.29, 1.82) is 0 Å². The predicted octanol–water partition coefficient (Wildman–Crippen LogP) is 2.89. The van der Waals surface area contributed by atoms with Crippen LogP contribution in [0.5, 0.6) is 0 Å². The molecular formula is C18H22N4OS. The van der Waals surface area contributed by atoms with Gasteiger partial charge in [-0.15, -0.1) is 16.4 Å². The molecule has 0 spiro atoms. The number of nitrogens with zero attached hydrogens (tertiary/aromatic N) is 3. The first-order valence-corrected chi connectivity index (χ1v) is 9.13. The molecule has 2 aromatic heterocycles. The van der Waals surface area contributed by atoms with Crippen molar-refractivity contribution in [2.75, 3.05) is 24.5 Å². The molecule has 0 aliphatic carbocycles. The van der Waals surface area contributed by atoms with Gasteiger partial charge in [0.25, 0.3) is 0 Å². The van der Waals surface area contributed by atoms with Crippen LogP contribution in [0.15, 0.2) is 35.7 Å². The minimum atomic E-state index is -0.0183. The molecule has 5 nitrogen and oxygen atoms in total. The summed E-state index contributed by atoms with van der Waals surface area (Å²) in [5.41, 5.74) is 0.937. The number of carbonyl (C=O) groups is 1. The van der Waals surface area contributed by atoms with Crippen LogP contribution in [0.4, 0.5) is 5.82 Å². The zero-order valence-electron chi connectivity index (χ0n) is 13.8. The van der Waals surface area contributed by atoms with Gasteiger partial charge in [0.05, 0.1) is 5.69 Å². The molecule has 0 radical (unpaired) electrons. The summed E-state index contributed by atoms with van der Waals surface area (Å²) >= 11 is 1.63. The van der Waals surface area contributed by atoms with E-state index in [1.54, 1.807) is 17.4 Å². The third kappa shape index (κ3) is 4.64. The second-order valence-electron chi connectivity index (χ2n) is 6.06. The smallest absolute Gasteiger partial charge is 0.244 e. The molecule has 1 aliphatic rings. The van der Waals surface area contributed by atoms with Crippen molar-refractivity contribution in [3.8, 4) is 0 Å². The predicted molar refractivity (Wildman–Crippen MR) is 98.1 cm³/mol. The zero-order chi connectivity index (χ0) is 16.8. The van der Waals surface area contributed by atoms with Gasteiger partial charge in [0, 0.05) is 30.6 Å². The highest BCUT2D eigenvalue weighted by Gasteiger charge is 2.20. The number of hydrogen-bond donors (Lipinski definition) is 1. The van der Waals surface area contributed by atoms with Crippen molar-refractivity contribution in [3.05, 3.63) is 46.3 Å². The van der Waals surface area contributed by atoms with Gasteiger partial charge in [-0.3, -0.25) is 4.79 Å². The summed E-state index contributed by atoms with van der Waals surface area (Å²) in [5, 5.41) is 13.4. The minimum absolute atomic E-state index is 0.0183. The molecule has 1 fully saturated rings. The van der Waals surface area contributed by atoms with E-state index in [9.17, 15) is 4.79 Å². The van der Waals surface area contributed by atoms with Crippen LogP contribution in [-0.4, -0.2) is 35.7 Å². The van der Waals surface area contributed by atoms with Crippen LogP contribution in [0.3, 0.4) is 0 Å². The SMILES string of the molecule is Cc1ccc(N2CCC(CNC(=O)/C=C/c3cccs3)CC2)nn1. The Balaban J connectivity index is 1.40.